The molecule has 3 atom stereocenters. The number of hydrogen-bond donors (Lipinski definition) is 3. The van der Waals surface area contributed by atoms with Crippen molar-refractivity contribution in [3.05, 3.63) is 59.4 Å². The third-order valence-electron chi connectivity index (χ3n) is 7.84. The Labute approximate surface area is 219 Å². The lowest BCUT2D eigenvalue weighted by molar-refractivity contribution is 0.0562. The van der Waals surface area contributed by atoms with Crippen molar-refractivity contribution in [3.63, 3.8) is 0 Å². The van der Waals surface area contributed by atoms with Crippen molar-refractivity contribution >= 4 is 23.2 Å². The van der Waals surface area contributed by atoms with Gasteiger partial charge in [-0.15, -0.1) is 0 Å². The Morgan fingerprint density at radius 1 is 1.13 bits per heavy atom. The molecule has 4 aromatic rings. The summed E-state index contributed by atoms with van der Waals surface area (Å²) in [4.78, 5) is 37.3. The number of fused-ring (bicyclic) bond motifs is 3. The van der Waals surface area contributed by atoms with Crippen LogP contribution in [0.3, 0.4) is 0 Å². The number of nitrogen functional groups attached to an aromatic ring is 1. The van der Waals surface area contributed by atoms with Gasteiger partial charge in [0, 0.05) is 41.5 Å². The number of nitrogens with two attached hydrogens (primary N) is 1. The number of ketones is 1. The van der Waals surface area contributed by atoms with Crippen molar-refractivity contribution in [2.24, 2.45) is 0 Å². The second-order valence-electron chi connectivity index (χ2n) is 10.8. The molecule has 1 amide bonds. The summed E-state index contributed by atoms with van der Waals surface area (Å²) in [6.45, 7) is 4.86. The molecule has 2 fully saturated rings. The number of piperidine rings is 1. The summed E-state index contributed by atoms with van der Waals surface area (Å²) in [6, 6.07) is 5.43. The van der Waals surface area contributed by atoms with Crippen LogP contribution in [0.5, 0.6) is 0 Å². The summed E-state index contributed by atoms with van der Waals surface area (Å²) in [5, 5.41) is 21.5. The minimum Gasteiger partial charge on any atom is -0.384 e. The summed E-state index contributed by atoms with van der Waals surface area (Å²) in [5.74, 6) is 0.00193. The molecule has 2 aliphatic heterocycles. The lowest BCUT2D eigenvalue weighted by Crippen LogP contribution is -2.46. The zero-order chi connectivity index (χ0) is 26.8. The molecule has 0 saturated carbocycles. The fourth-order valence-electron chi connectivity index (χ4n) is 6.05. The maximum Gasteiger partial charge on any atom is 0.274 e. The smallest absolute Gasteiger partial charge is 0.274 e. The van der Waals surface area contributed by atoms with Gasteiger partial charge >= 0.3 is 0 Å². The van der Waals surface area contributed by atoms with E-state index < -0.39 is 5.60 Å². The predicted octanol–water partition coefficient (Wildman–Crippen LogP) is 3.08. The zero-order valence-corrected chi connectivity index (χ0v) is 21.5. The fourth-order valence-corrected chi connectivity index (χ4v) is 6.05. The van der Waals surface area contributed by atoms with Crippen LogP contribution in [0.2, 0.25) is 0 Å². The summed E-state index contributed by atoms with van der Waals surface area (Å²) in [6.07, 6.45) is 8.20. The third-order valence-corrected chi connectivity index (χ3v) is 7.84. The van der Waals surface area contributed by atoms with Gasteiger partial charge in [-0.1, -0.05) is 6.07 Å². The molecule has 4 aromatic heterocycles. The Morgan fingerprint density at radius 2 is 1.87 bits per heavy atom. The molecule has 196 valence electrons. The topological polar surface area (TPSA) is 155 Å². The first kappa shape index (κ1) is 24.2. The van der Waals surface area contributed by atoms with Gasteiger partial charge < -0.3 is 15.7 Å². The van der Waals surface area contributed by atoms with Crippen molar-refractivity contribution in [2.45, 2.75) is 70.1 Å². The van der Waals surface area contributed by atoms with Crippen LogP contribution in [0.25, 0.3) is 16.8 Å². The second kappa shape index (κ2) is 8.73. The lowest BCUT2D eigenvalue weighted by atomic mass is 9.85. The molecule has 4 N–H and O–H groups in total. The van der Waals surface area contributed by atoms with Crippen molar-refractivity contribution in [3.8, 4) is 11.1 Å². The van der Waals surface area contributed by atoms with Crippen molar-refractivity contribution in [1.29, 1.82) is 0 Å². The van der Waals surface area contributed by atoms with E-state index in [1.165, 1.54) is 11.4 Å². The van der Waals surface area contributed by atoms with E-state index in [2.05, 4.69) is 20.3 Å². The first-order chi connectivity index (χ1) is 18.1. The number of H-pyrrole nitrogens is 1. The summed E-state index contributed by atoms with van der Waals surface area (Å²) in [7, 11) is 0. The second-order valence-corrected chi connectivity index (χ2v) is 10.8. The number of aliphatic hydroxyl groups is 1. The quantitative estimate of drug-likeness (QED) is 0.343. The highest BCUT2D eigenvalue weighted by atomic mass is 16.3. The maximum atomic E-state index is 13.1. The molecule has 38 heavy (non-hydrogen) atoms. The van der Waals surface area contributed by atoms with Gasteiger partial charge in [0.2, 0.25) is 0 Å². The first-order valence-electron chi connectivity index (χ1n) is 12.8. The molecule has 2 aliphatic rings. The molecule has 0 aliphatic carbocycles. The van der Waals surface area contributed by atoms with E-state index in [-0.39, 0.29) is 35.5 Å². The average molecular weight is 515 g/mol. The molecule has 2 bridgehead atoms. The zero-order valence-electron chi connectivity index (χ0n) is 21.5. The summed E-state index contributed by atoms with van der Waals surface area (Å²) >= 11 is 0. The standard InChI is InChI=1S/C27H30N8O3/c1-14(36)22-23(16-10-17-5-6-18(11-16)34(17)26(37)20-8-9-30-33-20)32-25-19(13-31-35(25)24(22)28)15-4-7-21(29-12-15)27(2,3)38/h4,7-9,12-13,16-18,38H,5-6,10-11,28H2,1-3H3,(H,30,33)/t16?,17-,18+. The van der Waals surface area contributed by atoms with Crippen LogP contribution in [0.15, 0.2) is 36.8 Å². The molecule has 0 radical (unpaired) electrons. The molecular weight excluding hydrogens is 484 g/mol. The number of Topliss-reactive ketones (excluding diaryl/α,β-unsaturated/α-hetero) is 1. The highest BCUT2D eigenvalue weighted by molar-refractivity contribution is 6.00. The molecule has 6 heterocycles. The van der Waals surface area contributed by atoms with Crippen LogP contribution in [0.1, 0.15) is 84.6 Å². The normalized spacial score (nSPS) is 21.3. The maximum absolute atomic E-state index is 13.1. The van der Waals surface area contributed by atoms with Gasteiger partial charge in [-0.3, -0.25) is 19.7 Å². The van der Waals surface area contributed by atoms with Crippen molar-refractivity contribution in [1.82, 2.24) is 34.7 Å². The molecule has 0 aromatic carbocycles. The van der Waals surface area contributed by atoms with Crippen LogP contribution >= 0.6 is 0 Å². The number of amides is 1. The molecule has 6 rings (SSSR count). The molecule has 11 heteroatoms. The van der Waals surface area contributed by atoms with Gasteiger partial charge in [-0.05, 0) is 58.6 Å². The Hall–Kier alpha value is -4.12. The average Bonchev–Trinajstić information content (AvgIpc) is 3.61. The number of pyridine rings is 1. The number of aromatic amines is 1. The number of rotatable bonds is 5. The van der Waals surface area contributed by atoms with E-state index in [4.69, 9.17) is 10.7 Å². The largest absolute Gasteiger partial charge is 0.384 e. The number of hydrogen-bond acceptors (Lipinski definition) is 8. The van der Waals surface area contributed by atoms with E-state index in [1.807, 2.05) is 11.0 Å². The number of carbonyl (C=O) groups is 2. The molecule has 0 spiro atoms. The SMILES string of the molecule is CC(=O)c1c(C2C[C@H]3CC[C@@H](C2)N3C(=O)c2cc[nH]n2)nc2c(-c3ccc(C(C)(C)O)nc3)cnn2c1N. The number of nitrogens with one attached hydrogen (secondary N) is 1. The highest BCUT2D eigenvalue weighted by Gasteiger charge is 2.45. The van der Waals surface area contributed by atoms with E-state index in [0.717, 1.165) is 24.0 Å². The Balaban J connectivity index is 1.39. The van der Waals surface area contributed by atoms with Crippen LogP contribution < -0.4 is 5.73 Å². The Bertz CT molecular complexity index is 1520. The monoisotopic (exact) mass is 514 g/mol. The minimum absolute atomic E-state index is 0.0274. The number of aromatic nitrogens is 6. The van der Waals surface area contributed by atoms with Crippen molar-refractivity contribution in [2.75, 3.05) is 5.73 Å². The van der Waals surface area contributed by atoms with Gasteiger partial charge in [-0.2, -0.15) is 14.7 Å². The van der Waals surface area contributed by atoms with E-state index >= 15 is 0 Å². The number of nitrogens with zero attached hydrogens (tertiary/aromatic N) is 6. The third kappa shape index (κ3) is 3.85. The van der Waals surface area contributed by atoms with Gasteiger partial charge in [0.1, 0.15) is 17.1 Å². The van der Waals surface area contributed by atoms with Gasteiger partial charge in [0.15, 0.2) is 11.4 Å². The Morgan fingerprint density at radius 3 is 2.45 bits per heavy atom. The van der Waals surface area contributed by atoms with Crippen LogP contribution in [0, 0.1) is 0 Å². The fraction of sp³-hybridized carbons (Fsp3) is 0.407. The van der Waals surface area contributed by atoms with Gasteiger partial charge in [0.25, 0.3) is 5.91 Å². The van der Waals surface area contributed by atoms with Crippen LogP contribution in [-0.4, -0.2) is 63.6 Å². The molecular formula is C27H30N8O3. The van der Waals surface area contributed by atoms with E-state index in [9.17, 15) is 14.7 Å². The molecule has 1 unspecified atom stereocenters. The predicted molar refractivity (Wildman–Crippen MR) is 139 cm³/mol. The minimum atomic E-state index is -1.06. The lowest BCUT2D eigenvalue weighted by Gasteiger charge is -2.39. The summed E-state index contributed by atoms with van der Waals surface area (Å²) in [5.41, 5.74) is 9.56. The molecule has 11 nitrogen and oxygen atoms in total. The van der Waals surface area contributed by atoms with Crippen LogP contribution in [-0.2, 0) is 5.60 Å². The van der Waals surface area contributed by atoms with Gasteiger partial charge in [-0.25, -0.2) is 4.98 Å². The van der Waals surface area contributed by atoms with Crippen LogP contribution in [0.4, 0.5) is 5.82 Å². The van der Waals surface area contributed by atoms with E-state index in [0.29, 0.717) is 41.1 Å². The summed E-state index contributed by atoms with van der Waals surface area (Å²) < 4.78 is 1.50. The highest BCUT2D eigenvalue weighted by Crippen LogP contribution is 2.45. The van der Waals surface area contributed by atoms with Gasteiger partial charge in [0.05, 0.1) is 23.1 Å². The molecule has 2 saturated heterocycles. The first-order valence-corrected chi connectivity index (χ1v) is 12.8. The van der Waals surface area contributed by atoms with Crippen molar-refractivity contribution < 1.29 is 14.7 Å². The van der Waals surface area contributed by atoms with E-state index in [1.54, 1.807) is 44.6 Å². The Kier molecular flexibility index (Phi) is 5.56. The number of carbonyl (C=O) groups excluding carboxylic acids is 2. The number of anilines is 1.